The highest BCUT2D eigenvalue weighted by Crippen LogP contribution is 2.22. The molecule has 0 saturated heterocycles. The number of hydrogen-bond donors (Lipinski definition) is 1. The zero-order valence-corrected chi connectivity index (χ0v) is 15.9. The van der Waals surface area contributed by atoms with Crippen molar-refractivity contribution in [2.24, 2.45) is 14.1 Å². The number of sulfone groups is 1. The van der Waals surface area contributed by atoms with E-state index in [1.54, 1.807) is 20.2 Å². The van der Waals surface area contributed by atoms with Crippen LogP contribution in [0.4, 0.5) is 5.69 Å². The van der Waals surface area contributed by atoms with Crippen LogP contribution in [0.1, 0.15) is 0 Å². The van der Waals surface area contributed by atoms with Crippen LogP contribution >= 0.6 is 0 Å². The zero-order chi connectivity index (χ0) is 19.3. The average Bonchev–Trinajstić information content (AvgIpc) is 2.78. The number of hydrogen-bond acceptors (Lipinski definition) is 5. The molecular formula is C16H17N3O5S2. The zero-order valence-electron chi connectivity index (χ0n) is 14.3. The van der Waals surface area contributed by atoms with Crippen LogP contribution in [0.5, 0.6) is 0 Å². The van der Waals surface area contributed by atoms with E-state index in [9.17, 15) is 21.6 Å². The predicted octanol–water partition coefficient (Wildman–Crippen LogP) is 1.08. The summed E-state index contributed by atoms with van der Waals surface area (Å²) in [5, 5.41) is 0. The van der Waals surface area contributed by atoms with Crippen molar-refractivity contribution in [1.82, 2.24) is 9.13 Å². The number of benzene rings is 2. The van der Waals surface area contributed by atoms with E-state index < -0.39 is 19.9 Å². The molecule has 0 aliphatic heterocycles. The summed E-state index contributed by atoms with van der Waals surface area (Å²) in [7, 11) is -4.25. The second-order valence-electron chi connectivity index (χ2n) is 5.96. The average molecular weight is 395 g/mol. The van der Waals surface area contributed by atoms with Crippen molar-refractivity contribution in [3.63, 3.8) is 0 Å². The van der Waals surface area contributed by atoms with Gasteiger partial charge in [-0.3, -0.25) is 13.9 Å². The number of imidazole rings is 1. The fraction of sp³-hybridized carbons (Fsp3) is 0.188. The van der Waals surface area contributed by atoms with Crippen LogP contribution < -0.4 is 10.4 Å². The Labute approximate surface area is 150 Å². The molecule has 0 saturated carbocycles. The SMILES string of the molecule is Cn1c(=O)n(C)c2cc(S(=O)(=O)Nc3cccc(S(C)(=O)=O)c3)ccc21. The van der Waals surface area contributed by atoms with Gasteiger partial charge >= 0.3 is 5.69 Å². The lowest BCUT2D eigenvalue weighted by atomic mass is 10.3. The van der Waals surface area contributed by atoms with Gasteiger partial charge in [0.1, 0.15) is 0 Å². The number of aromatic nitrogens is 2. The fourth-order valence-electron chi connectivity index (χ4n) is 2.66. The molecule has 0 aliphatic carbocycles. The van der Waals surface area contributed by atoms with E-state index in [-0.39, 0.29) is 21.2 Å². The van der Waals surface area contributed by atoms with Gasteiger partial charge in [-0.25, -0.2) is 21.6 Å². The molecule has 1 heterocycles. The van der Waals surface area contributed by atoms with Gasteiger partial charge in [-0.1, -0.05) is 6.07 Å². The van der Waals surface area contributed by atoms with E-state index in [4.69, 9.17) is 0 Å². The predicted molar refractivity (Wildman–Crippen MR) is 98.5 cm³/mol. The molecule has 1 aromatic heterocycles. The van der Waals surface area contributed by atoms with Crippen molar-refractivity contribution in [2.45, 2.75) is 9.79 Å². The van der Waals surface area contributed by atoms with Crippen molar-refractivity contribution in [3.05, 3.63) is 52.9 Å². The van der Waals surface area contributed by atoms with E-state index in [1.165, 1.54) is 45.5 Å². The summed E-state index contributed by atoms with van der Waals surface area (Å²) in [6, 6.07) is 9.91. The van der Waals surface area contributed by atoms with Crippen LogP contribution in [0.25, 0.3) is 11.0 Å². The number of nitrogens with one attached hydrogen (secondary N) is 1. The van der Waals surface area contributed by atoms with Crippen molar-refractivity contribution in [1.29, 1.82) is 0 Å². The van der Waals surface area contributed by atoms with Gasteiger partial charge in [0, 0.05) is 20.4 Å². The molecule has 138 valence electrons. The lowest BCUT2D eigenvalue weighted by Gasteiger charge is -2.09. The molecule has 0 unspecified atom stereocenters. The van der Waals surface area contributed by atoms with Gasteiger partial charge in [0.2, 0.25) is 0 Å². The Hall–Kier alpha value is -2.59. The molecule has 1 N–H and O–H groups in total. The van der Waals surface area contributed by atoms with E-state index in [0.29, 0.717) is 11.0 Å². The minimum Gasteiger partial charge on any atom is -0.295 e. The minimum atomic E-state index is -3.96. The summed E-state index contributed by atoms with van der Waals surface area (Å²) in [6.45, 7) is 0. The number of nitrogens with zero attached hydrogens (tertiary/aromatic N) is 2. The summed E-state index contributed by atoms with van der Waals surface area (Å²) in [5.41, 5.74) is 0.958. The molecule has 0 atom stereocenters. The number of sulfonamides is 1. The lowest BCUT2D eigenvalue weighted by molar-refractivity contribution is 0.599. The molecule has 8 nitrogen and oxygen atoms in total. The van der Waals surface area contributed by atoms with Gasteiger partial charge in [0.05, 0.1) is 26.5 Å². The maximum Gasteiger partial charge on any atom is 0.328 e. The highest BCUT2D eigenvalue weighted by atomic mass is 32.2. The van der Waals surface area contributed by atoms with E-state index in [1.807, 2.05) is 0 Å². The summed E-state index contributed by atoms with van der Waals surface area (Å²) in [5.74, 6) is 0. The smallest absolute Gasteiger partial charge is 0.295 e. The molecule has 0 aliphatic rings. The van der Waals surface area contributed by atoms with E-state index in [0.717, 1.165) is 6.26 Å². The molecule has 0 spiro atoms. The second kappa shape index (κ2) is 5.99. The Bertz CT molecular complexity index is 1290. The molecule has 0 bridgehead atoms. The van der Waals surface area contributed by atoms with E-state index in [2.05, 4.69) is 4.72 Å². The first-order chi connectivity index (χ1) is 12.0. The Balaban J connectivity index is 2.05. The lowest BCUT2D eigenvalue weighted by Crippen LogP contribution is -2.19. The van der Waals surface area contributed by atoms with Crippen molar-refractivity contribution in [2.75, 3.05) is 11.0 Å². The Morgan fingerprint density at radius 3 is 2.15 bits per heavy atom. The van der Waals surface area contributed by atoms with Crippen LogP contribution in [-0.4, -0.2) is 32.2 Å². The Morgan fingerprint density at radius 1 is 0.846 bits per heavy atom. The maximum atomic E-state index is 12.7. The molecule has 26 heavy (non-hydrogen) atoms. The highest BCUT2D eigenvalue weighted by molar-refractivity contribution is 7.92. The first-order valence-electron chi connectivity index (χ1n) is 7.49. The molecule has 0 amide bonds. The molecular weight excluding hydrogens is 378 g/mol. The Morgan fingerprint density at radius 2 is 1.50 bits per heavy atom. The van der Waals surface area contributed by atoms with Gasteiger partial charge in [0.15, 0.2) is 9.84 Å². The fourth-order valence-corrected chi connectivity index (χ4v) is 4.39. The van der Waals surface area contributed by atoms with Crippen LogP contribution in [0.3, 0.4) is 0 Å². The van der Waals surface area contributed by atoms with E-state index >= 15 is 0 Å². The normalized spacial score (nSPS) is 12.4. The van der Waals surface area contributed by atoms with Crippen LogP contribution in [0.15, 0.2) is 57.1 Å². The third kappa shape index (κ3) is 3.13. The minimum absolute atomic E-state index is 0.0126. The first-order valence-corrected chi connectivity index (χ1v) is 10.9. The summed E-state index contributed by atoms with van der Waals surface area (Å²) in [6.07, 6.45) is 1.05. The van der Waals surface area contributed by atoms with Gasteiger partial charge in [0.25, 0.3) is 10.0 Å². The number of aryl methyl sites for hydroxylation is 2. The van der Waals surface area contributed by atoms with Crippen LogP contribution in [-0.2, 0) is 34.0 Å². The summed E-state index contributed by atoms with van der Waals surface area (Å²) >= 11 is 0. The summed E-state index contributed by atoms with van der Waals surface area (Å²) in [4.78, 5) is 12.0. The highest BCUT2D eigenvalue weighted by Gasteiger charge is 2.18. The first kappa shape index (κ1) is 18.2. The third-order valence-corrected chi connectivity index (χ3v) is 6.56. The van der Waals surface area contributed by atoms with Crippen molar-refractivity contribution in [3.8, 4) is 0 Å². The molecule has 0 radical (unpaired) electrons. The largest absolute Gasteiger partial charge is 0.328 e. The monoisotopic (exact) mass is 395 g/mol. The molecule has 3 rings (SSSR count). The van der Waals surface area contributed by atoms with Gasteiger partial charge in [-0.2, -0.15) is 0 Å². The van der Waals surface area contributed by atoms with Crippen LogP contribution in [0.2, 0.25) is 0 Å². The Kier molecular flexibility index (Phi) is 4.20. The number of fused-ring (bicyclic) bond motifs is 1. The molecule has 2 aromatic carbocycles. The molecule has 10 heteroatoms. The van der Waals surface area contributed by atoms with Crippen LogP contribution in [0, 0.1) is 0 Å². The number of anilines is 1. The topological polar surface area (TPSA) is 107 Å². The van der Waals surface area contributed by atoms with Gasteiger partial charge in [-0.15, -0.1) is 0 Å². The third-order valence-electron chi connectivity index (χ3n) is 4.07. The standard InChI is InChI=1S/C16H17N3O5S2/c1-18-14-8-7-13(10-15(14)19(2)16(18)20)26(23,24)17-11-5-4-6-12(9-11)25(3,21)22/h4-10,17H,1-3H3. The molecule has 0 fully saturated rings. The number of rotatable bonds is 4. The van der Waals surface area contributed by atoms with Crippen molar-refractivity contribution >= 4 is 36.6 Å². The molecule has 3 aromatic rings. The van der Waals surface area contributed by atoms with Gasteiger partial charge in [-0.05, 0) is 36.4 Å². The van der Waals surface area contributed by atoms with Gasteiger partial charge < -0.3 is 0 Å². The van der Waals surface area contributed by atoms with Crippen molar-refractivity contribution < 1.29 is 16.8 Å². The maximum absolute atomic E-state index is 12.7. The summed E-state index contributed by atoms with van der Waals surface area (Å²) < 4.78 is 53.7. The second-order valence-corrected chi connectivity index (χ2v) is 9.65. The quantitative estimate of drug-likeness (QED) is 0.711.